The van der Waals surface area contributed by atoms with Crippen molar-refractivity contribution >= 4 is 34.8 Å². The first-order valence-electron chi connectivity index (χ1n) is 9.44. The molecule has 1 aliphatic rings. The third-order valence-electron chi connectivity index (χ3n) is 4.93. The molecule has 1 unspecified atom stereocenters. The van der Waals surface area contributed by atoms with Crippen molar-refractivity contribution in [2.45, 2.75) is 12.5 Å². The Kier molecular flexibility index (Phi) is 5.53. The summed E-state index contributed by atoms with van der Waals surface area (Å²) in [6.07, 6.45) is 4.62. The number of nitrogens with one attached hydrogen (secondary N) is 2. The predicted molar refractivity (Wildman–Crippen MR) is 115 cm³/mol. The summed E-state index contributed by atoms with van der Waals surface area (Å²) in [4.78, 5) is 26.8. The molecular weight excluding hydrogens is 388 g/mol. The van der Waals surface area contributed by atoms with Gasteiger partial charge in [0.25, 0.3) is 0 Å². The van der Waals surface area contributed by atoms with Gasteiger partial charge in [0.1, 0.15) is 0 Å². The second kappa shape index (κ2) is 8.41. The molecule has 1 aliphatic heterocycles. The number of halogens is 1. The lowest BCUT2D eigenvalue weighted by Gasteiger charge is -2.19. The first-order valence-corrected chi connectivity index (χ1v) is 9.82. The van der Waals surface area contributed by atoms with Crippen LogP contribution in [0.15, 0.2) is 73.1 Å². The fourth-order valence-corrected chi connectivity index (χ4v) is 3.58. The van der Waals surface area contributed by atoms with E-state index in [0.29, 0.717) is 17.3 Å². The van der Waals surface area contributed by atoms with Crippen LogP contribution in [0.1, 0.15) is 6.42 Å². The van der Waals surface area contributed by atoms with E-state index in [4.69, 9.17) is 11.6 Å². The number of carbonyl (C=O) groups excluding carboxylic acids is 2. The molecule has 2 heterocycles. The minimum absolute atomic E-state index is 0.0739. The Morgan fingerprint density at radius 2 is 1.69 bits per heavy atom. The van der Waals surface area contributed by atoms with E-state index in [9.17, 15) is 9.59 Å². The molecule has 4 rings (SSSR count). The molecule has 1 aromatic heterocycles. The van der Waals surface area contributed by atoms with Gasteiger partial charge < -0.3 is 20.1 Å². The number of aromatic nitrogens is 1. The van der Waals surface area contributed by atoms with Gasteiger partial charge in [-0.25, -0.2) is 0 Å². The van der Waals surface area contributed by atoms with Crippen molar-refractivity contribution in [1.82, 2.24) is 9.88 Å². The highest BCUT2D eigenvalue weighted by Crippen LogP contribution is 2.22. The highest BCUT2D eigenvalue weighted by Gasteiger charge is 2.26. The Bertz CT molecular complexity index is 1000. The Hall–Kier alpha value is -3.25. The number of amides is 2. The Morgan fingerprint density at radius 1 is 0.931 bits per heavy atom. The molecule has 2 aromatic carbocycles. The maximum absolute atomic E-state index is 12.3. The van der Waals surface area contributed by atoms with Crippen LogP contribution in [0.2, 0.25) is 5.02 Å². The van der Waals surface area contributed by atoms with Gasteiger partial charge in [-0.3, -0.25) is 9.59 Å². The van der Waals surface area contributed by atoms with Crippen LogP contribution in [0.4, 0.5) is 11.4 Å². The van der Waals surface area contributed by atoms with Crippen LogP contribution in [-0.4, -0.2) is 35.5 Å². The fourth-order valence-electron chi connectivity index (χ4n) is 3.45. The lowest BCUT2D eigenvalue weighted by molar-refractivity contribution is -0.136. The average molecular weight is 409 g/mol. The van der Waals surface area contributed by atoms with Gasteiger partial charge >= 0.3 is 11.8 Å². The van der Waals surface area contributed by atoms with Gasteiger partial charge in [0.15, 0.2) is 0 Å². The highest BCUT2D eigenvalue weighted by atomic mass is 35.5. The maximum atomic E-state index is 12.3. The number of rotatable bonds is 4. The molecule has 6 nitrogen and oxygen atoms in total. The number of hydrogen-bond acceptors (Lipinski definition) is 3. The topological polar surface area (TPSA) is 66.4 Å². The van der Waals surface area contributed by atoms with Crippen LogP contribution < -0.4 is 15.5 Å². The standard InChI is InChI=1S/C22H21ClN4O2/c23-16-6-8-19(9-7-16)27-13-10-18(15-27)25-22(29)21(28)24-17-4-3-5-20(14-17)26-11-1-2-12-26/h1-9,11-12,14,18H,10,13,15H2,(H,24,28)(H,25,29). The molecule has 7 heteroatoms. The molecule has 1 fully saturated rings. The Morgan fingerprint density at radius 3 is 2.45 bits per heavy atom. The fraction of sp³-hybridized carbons (Fsp3) is 0.182. The van der Waals surface area contributed by atoms with E-state index in [0.717, 1.165) is 24.3 Å². The zero-order valence-corrected chi connectivity index (χ0v) is 16.5. The van der Waals surface area contributed by atoms with Crippen molar-refractivity contribution in [2.75, 3.05) is 23.3 Å². The van der Waals surface area contributed by atoms with Crippen molar-refractivity contribution in [3.05, 3.63) is 78.1 Å². The van der Waals surface area contributed by atoms with E-state index in [1.54, 1.807) is 6.07 Å². The van der Waals surface area contributed by atoms with Gasteiger partial charge in [-0.2, -0.15) is 0 Å². The molecule has 0 saturated carbocycles. The lowest BCUT2D eigenvalue weighted by Crippen LogP contribution is -2.43. The minimum Gasteiger partial charge on any atom is -0.369 e. The van der Waals surface area contributed by atoms with Crippen LogP contribution in [0.3, 0.4) is 0 Å². The van der Waals surface area contributed by atoms with Gasteiger partial charge in [0.05, 0.1) is 0 Å². The summed E-state index contributed by atoms with van der Waals surface area (Å²) >= 11 is 5.93. The number of carbonyl (C=O) groups is 2. The Balaban J connectivity index is 1.33. The van der Waals surface area contributed by atoms with Crippen LogP contribution in [0.25, 0.3) is 5.69 Å². The zero-order chi connectivity index (χ0) is 20.2. The number of hydrogen-bond donors (Lipinski definition) is 2. The summed E-state index contributed by atoms with van der Waals surface area (Å²) in [5.74, 6) is -1.29. The summed E-state index contributed by atoms with van der Waals surface area (Å²) in [5, 5.41) is 6.19. The van der Waals surface area contributed by atoms with Crippen LogP contribution >= 0.6 is 11.6 Å². The lowest BCUT2D eigenvalue weighted by atomic mass is 10.2. The van der Waals surface area contributed by atoms with Crippen molar-refractivity contribution in [3.8, 4) is 5.69 Å². The normalized spacial score (nSPS) is 15.9. The summed E-state index contributed by atoms with van der Waals surface area (Å²) in [6.45, 7) is 1.47. The van der Waals surface area contributed by atoms with Gasteiger partial charge in [-0.15, -0.1) is 0 Å². The SMILES string of the molecule is O=C(Nc1cccc(-n2cccc2)c1)C(=O)NC1CCN(c2ccc(Cl)cc2)C1. The van der Waals surface area contributed by atoms with Crippen molar-refractivity contribution in [3.63, 3.8) is 0 Å². The molecular formula is C22H21ClN4O2. The molecule has 3 aromatic rings. The van der Waals surface area contributed by atoms with E-state index < -0.39 is 11.8 Å². The van der Waals surface area contributed by atoms with Crippen molar-refractivity contribution in [1.29, 1.82) is 0 Å². The second-order valence-electron chi connectivity index (χ2n) is 6.98. The molecule has 1 atom stereocenters. The monoisotopic (exact) mass is 408 g/mol. The zero-order valence-electron chi connectivity index (χ0n) is 15.7. The van der Waals surface area contributed by atoms with Crippen molar-refractivity contribution < 1.29 is 9.59 Å². The van der Waals surface area contributed by atoms with E-state index in [2.05, 4.69) is 15.5 Å². The molecule has 1 saturated heterocycles. The molecule has 0 radical (unpaired) electrons. The van der Waals surface area contributed by atoms with Gasteiger partial charge in [-0.1, -0.05) is 17.7 Å². The third-order valence-corrected chi connectivity index (χ3v) is 5.18. The molecule has 148 valence electrons. The molecule has 0 bridgehead atoms. The van der Waals surface area contributed by atoms with E-state index in [1.165, 1.54) is 0 Å². The maximum Gasteiger partial charge on any atom is 0.313 e. The third kappa shape index (κ3) is 4.60. The molecule has 2 N–H and O–H groups in total. The molecule has 0 aliphatic carbocycles. The number of benzene rings is 2. The molecule has 2 amide bonds. The van der Waals surface area contributed by atoms with E-state index >= 15 is 0 Å². The quantitative estimate of drug-likeness (QED) is 0.650. The van der Waals surface area contributed by atoms with Gasteiger partial charge in [0, 0.05) is 53.6 Å². The molecule has 29 heavy (non-hydrogen) atoms. The van der Waals surface area contributed by atoms with Crippen LogP contribution in [-0.2, 0) is 9.59 Å². The van der Waals surface area contributed by atoms with Crippen molar-refractivity contribution in [2.24, 2.45) is 0 Å². The summed E-state index contributed by atoms with van der Waals surface area (Å²) in [7, 11) is 0. The van der Waals surface area contributed by atoms with Crippen LogP contribution in [0.5, 0.6) is 0 Å². The highest BCUT2D eigenvalue weighted by molar-refractivity contribution is 6.39. The summed E-state index contributed by atoms with van der Waals surface area (Å²) in [5.41, 5.74) is 2.53. The number of nitrogens with zero attached hydrogens (tertiary/aromatic N) is 2. The predicted octanol–water partition coefficient (Wildman–Crippen LogP) is 3.46. The summed E-state index contributed by atoms with van der Waals surface area (Å²) < 4.78 is 1.93. The summed E-state index contributed by atoms with van der Waals surface area (Å²) in [6, 6.07) is 18.7. The van der Waals surface area contributed by atoms with Crippen LogP contribution in [0, 0.1) is 0 Å². The Labute approximate surface area is 174 Å². The average Bonchev–Trinajstić information content (AvgIpc) is 3.41. The smallest absolute Gasteiger partial charge is 0.313 e. The van der Waals surface area contributed by atoms with E-state index in [1.807, 2.05) is 71.6 Å². The first kappa shape index (κ1) is 19.1. The van der Waals surface area contributed by atoms with Gasteiger partial charge in [0.2, 0.25) is 0 Å². The first-order chi connectivity index (χ1) is 14.1. The molecule has 0 spiro atoms. The van der Waals surface area contributed by atoms with E-state index in [-0.39, 0.29) is 6.04 Å². The second-order valence-corrected chi connectivity index (χ2v) is 7.41. The number of anilines is 2. The largest absolute Gasteiger partial charge is 0.369 e. The minimum atomic E-state index is -0.667. The van der Waals surface area contributed by atoms with Gasteiger partial charge in [-0.05, 0) is 61.0 Å².